The van der Waals surface area contributed by atoms with Crippen LogP contribution >= 0.6 is 82.9 Å². The molecule has 0 saturated carbocycles. The van der Waals surface area contributed by atoms with E-state index >= 15 is 0 Å². The van der Waals surface area contributed by atoms with E-state index < -0.39 is 31.7 Å². The van der Waals surface area contributed by atoms with Gasteiger partial charge in [0.05, 0.1) is 14.1 Å². The van der Waals surface area contributed by atoms with Gasteiger partial charge in [0.25, 0.3) is 0 Å². The number of fused-ring (bicyclic) bond motifs is 4. The van der Waals surface area contributed by atoms with E-state index in [9.17, 15) is 0 Å². The fourth-order valence-electron chi connectivity index (χ4n) is 13.8. The topological polar surface area (TPSA) is 16.6 Å². The van der Waals surface area contributed by atoms with Gasteiger partial charge < -0.3 is 64.7 Å². The van der Waals surface area contributed by atoms with Gasteiger partial charge in [0, 0.05) is 12.4 Å². The van der Waals surface area contributed by atoms with Crippen LogP contribution in [0.3, 0.4) is 0 Å². The van der Waals surface area contributed by atoms with E-state index in [1.165, 1.54) is 166 Å². The van der Waals surface area contributed by atoms with E-state index in [1.54, 1.807) is 44.5 Å². The summed E-state index contributed by atoms with van der Waals surface area (Å²) < 4.78 is 0. The van der Waals surface area contributed by atoms with Crippen molar-refractivity contribution in [3.05, 3.63) is 419 Å². The molecule has 12 heteroatoms. The Morgan fingerprint density at radius 2 is 0.318 bits per heavy atom. The Kier molecular flexibility index (Phi) is 54.3. The average Bonchev–Trinajstić information content (AvgIpc) is 0.817. The molecule has 0 unspecified atom stereocenters. The van der Waals surface area contributed by atoms with E-state index in [4.69, 9.17) is 38.8 Å². The fourth-order valence-corrected chi connectivity index (χ4v) is 23.2. The largest absolute Gasteiger partial charge is 0.0622 e. The molecule has 591 valence electrons. The Bertz CT molecular complexity index is 3610. The number of nitrogens with two attached hydrogens (primary N) is 1. The minimum absolute atomic E-state index is 0. The second-order valence-corrected chi connectivity index (χ2v) is 39.5. The van der Waals surface area contributed by atoms with Crippen LogP contribution in [0.5, 0.6) is 0 Å². The SMILES string of the molecule is C[NH2+]C.[CH3-].[CH3-].[CH3-].[CH3-].[CH3-].[CH3-].[CH3-].[CH3-].[Cl].[Cl][Ru][Cl].[Cl][Ru][Cl].c1ccc(P(c2ccccc2)c2ccc3c(c2)CCCC3)cc1.c1ccc(P(c2ccccc2)c2ccc3c(c2)CCCC3)cc1.c1ccc(P(c2ccccc2)c2ccc3c(c2)CCCC3)cc1.c1ccc(P(c2ccccc2)c2ccc3c(c2)CCCC3)cc1. The monoisotopic (exact) mass is 1810 g/mol. The molecule has 1 nitrogen and oxygen atoms in total. The van der Waals surface area contributed by atoms with Crippen LogP contribution in [-0.4, -0.2) is 14.1 Å². The van der Waals surface area contributed by atoms with Crippen molar-refractivity contribution in [2.45, 2.75) is 103 Å². The molecule has 0 amide bonds. The molecule has 0 fully saturated rings. The Morgan fingerprint density at radius 1 is 0.200 bits per heavy atom. The predicted octanol–water partition coefficient (Wildman–Crippen LogP) is 23.1. The molecule has 0 aliphatic heterocycles. The summed E-state index contributed by atoms with van der Waals surface area (Å²) in [5.74, 6) is 0. The summed E-state index contributed by atoms with van der Waals surface area (Å²) in [5.41, 5.74) is 12.6. The van der Waals surface area contributed by atoms with Gasteiger partial charge >= 0.3 is 69.1 Å². The second-order valence-electron chi connectivity index (χ2n) is 25.3. The van der Waals surface area contributed by atoms with Crippen LogP contribution in [-0.2, 0) is 81.7 Å². The molecule has 0 aromatic heterocycles. The molecule has 2 N–H and O–H groups in total. The maximum absolute atomic E-state index is 4.85. The van der Waals surface area contributed by atoms with E-state index in [0.717, 1.165) is 0 Å². The summed E-state index contributed by atoms with van der Waals surface area (Å²) in [6, 6.07) is 117. The maximum atomic E-state index is 4.85. The first kappa shape index (κ1) is 103. The van der Waals surface area contributed by atoms with Gasteiger partial charge in [-0.3, -0.25) is 0 Å². The molecule has 12 aromatic rings. The number of halogens is 5. The molecule has 12 aromatic carbocycles. The standard InChI is InChI=1S/4C22H21P.C2H7N.8CH3.4ClH.Cl.2Ru/c4*1-3-11-20(12-4-1)23(21-13-5-2-6-14-21)22-16-15-18-9-7-8-10-19(18)17-22;1-3-2;;;;;;;;;;;;;;;/h4*1-6,11-17H,7-10H2;3H,1-2H3;8*1H3;4*1H;;;/q;;;;;8*-1;;;;;;2*+2/p-3. The molecule has 1 radical (unpaired) electrons. The predicted molar refractivity (Wildman–Crippen MR) is 502 cm³/mol. The molecular formula is C98H116Cl5NP4Ru2-7. The Hall–Kier alpha value is -4.98. The van der Waals surface area contributed by atoms with Gasteiger partial charge in [-0.2, -0.15) is 0 Å². The van der Waals surface area contributed by atoms with Crippen LogP contribution < -0.4 is 69.0 Å². The number of hydrogen-bond donors (Lipinski definition) is 1. The zero-order chi connectivity index (χ0) is 70.1. The van der Waals surface area contributed by atoms with Gasteiger partial charge in [-0.15, -0.1) is 0 Å². The Balaban J connectivity index is 0.000000688. The third-order valence-electron chi connectivity index (χ3n) is 18.5. The number of quaternary nitrogens is 1. The molecule has 0 saturated heterocycles. The minimum atomic E-state index is -0.461. The minimum Gasteiger partial charge on any atom is -0.0622 e. The molecule has 0 spiro atoms. The number of aryl methyl sites for hydroxylation is 8. The van der Waals surface area contributed by atoms with Gasteiger partial charge in [-0.25, -0.2) is 0 Å². The van der Waals surface area contributed by atoms with Crippen molar-refractivity contribution in [1.82, 2.24) is 0 Å². The summed E-state index contributed by atoms with van der Waals surface area (Å²) >= 11 is -0.691. The van der Waals surface area contributed by atoms with Gasteiger partial charge in [0.2, 0.25) is 0 Å². The van der Waals surface area contributed by atoms with Crippen LogP contribution in [0, 0.1) is 59.4 Å². The summed E-state index contributed by atoms with van der Waals surface area (Å²) in [5, 5.41) is 19.4. The van der Waals surface area contributed by atoms with Crippen LogP contribution in [0.2, 0.25) is 0 Å². The quantitative estimate of drug-likeness (QED) is 0.0713. The molecule has 0 atom stereocenters. The third-order valence-corrected chi connectivity index (χ3v) is 28.2. The summed E-state index contributed by atoms with van der Waals surface area (Å²) in [6.07, 6.45) is 20.7. The zero-order valence-electron chi connectivity index (χ0n) is 66.3. The van der Waals surface area contributed by atoms with Crippen molar-refractivity contribution in [3.63, 3.8) is 0 Å². The molecule has 16 rings (SSSR count). The summed E-state index contributed by atoms with van der Waals surface area (Å²) in [4.78, 5) is 0. The van der Waals surface area contributed by atoms with E-state index in [-0.39, 0.29) is 102 Å². The van der Waals surface area contributed by atoms with Crippen molar-refractivity contribution >= 4 is 147 Å². The Morgan fingerprint density at radius 3 is 0.445 bits per heavy atom. The van der Waals surface area contributed by atoms with Gasteiger partial charge in [0.1, 0.15) is 0 Å². The van der Waals surface area contributed by atoms with Crippen molar-refractivity contribution < 1.29 is 35.6 Å². The maximum Gasteiger partial charge on any atom is -0.0134 e. The third kappa shape index (κ3) is 30.7. The number of rotatable bonds is 12. The molecule has 4 aliphatic carbocycles. The van der Waals surface area contributed by atoms with Crippen LogP contribution in [0.1, 0.15) is 95.9 Å². The first-order chi connectivity index (χ1) is 49.9. The molecule has 4 aliphatic rings. The summed E-state index contributed by atoms with van der Waals surface area (Å²) in [7, 11) is 21.6. The smallest absolute Gasteiger partial charge is 0.0134 e. The van der Waals surface area contributed by atoms with Crippen molar-refractivity contribution in [3.8, 4) is 0 Å². The van der Waals surface area contributed by atoms with Crippen molar-refractivity contribution in [2.75, 3.05) is 14.1 Å². The Labute approximate surface area is 711 Å². The van der Waals surface area contributed by atoms with E-state index in [0.29, 0.717) is 0 Å². The van der Waals surface area contributed by atoms with E-state index in [1.807, 2.05) is 19.4 Å². The van der Waals surface area contributed by atoms with Crippen molar-refractivity contribution in [2.24, 2.45) is 0 Å². The molecule has 0 bridgehead atoms. The number of benzene rings is 12. The molecule has 0 heterocycles. The fraction of sp³-hybridized carbons (Fsp3) is 0.184. The molecular weight excluding hydrogens is 1690 g/mol. The zero-order valence-corrected chi connectivity index (χ0v) is 77.1. The van der Waals surface area contributed by atoms with E-state index in [2.05, 4.69) is 315 Å². The summed E-state index contributed by atoms with van der Waals surface area (Å²) in [6.45, 7) is 0. The van der Waals surface area contributed by atoms with Crippen molar-refractivity contribution in [1.29, 1.82) is 0 Å². The van der Waals surface area contributed by atoms with Crippen LogP contribution in [0.25, 0.3) is 0 Å². The first-order valence-corrected chi connectivity index (χ1v) is 49.8. The van der Waals surface area contributed by atoms with Gasteiger partial charge in [-0.05, 0) is 243 Å². The normalized spacial score (nSPS) is 12.1. The van der Waals surface area contributed by atoms with Crippen LogP contribution in [0.4, 0.5) is 0 Å². The second kappa shape index (κ2) is 58.0. The van der Waals surface area contributed by atoms with Crippen LogP contribution in [0.15, 0.2) is 315 Å². The first-order valence-electron chi connectivity index (χ1n) is 35.4. The van der Waals surface area contributed by atoms with Gasteiger partial charge in [0.15, 0.2) is 0 Å². The molecule has 110 heavy (non-hydrogen) atoms. The number of hydrogen-bond acceptors (Lipinski definition) is 0. The van der Waals surface area contributed by atoms with Gasteiger partial charge in [-0.1, -0.05) is 315 Å². The average molecular weight is 1810 g/mol.